The van der Waals surface area contributed by atoms with E-state index in [0.29, 0.717) is 24.4 Å². The summed E-state index contributed by atoms with van der Waals surface area (Å²) in [7, 11) is 0. The summed E-state index contributed by atoms with van der Waals surface area (Å²) in [6.45, 7) is 0. The molecule has 2 aromatic rings. The zero-order valence-corrected chi connectivity index (χ0v) is 13.3. The van der Waals surface area contributed by atoms with Crippen molar-refractivity contribution in [3.8, 4) is 0 Å². The van der Waals surface area contributed by atoms with E-state index in [2.05, 4.69) is 21.2 Å². The first kappa shape index (κ1) is 14.7. The van der Waals surface area contributed by atoms with Gasteiger partial charge in [0.2, 0.25) is 0 Å². The maximum absolute atomic E-state index is 11.4. The Balaban J connectivity index is 2.26. The number of rotatable bonds is 4. The van der Waals surface area contributed by atoms with Gasteiger partial charge in [0.05, 0.1) is 0 Å². The van der Waals surface area contributed by atoms with Crippen molar-refractivity contribution in [3.05, 3.63) is 49.0 Å². The van der Waals surface area contributed by atoms with Crippen LogP contribution in [0, 0.1) is 0 Å². The van der Waals surface area contributed by atoms with Gasteiger partial charge in [0.1, 0.15) is 4.34 Å². The van der Waals surface area contributed by atoms with E-state index in [0.717, 1.165) is 0 Å². The number of nitrogens with one attached hydrogen (secondary N) is 1. The van der Waals surface area contributed by atoms with Gasteiger partial charge in [-0.15, -0.1) is 11.3 Å². The van der Waals surface area contributed by atoms with E-state index in [-0.39, 0.29) is 0 Å². The predicted octanol–water partition coefficient (Wildman–Crippen LogP) is 5.06. The normalized spacial score (nSPS) is 12.2. The standard InChI is InChI=1S/C12H8BrCl2NO2S/c13-8-5-9(19-11(8)15)10(12(17)18)16-7-3-1-6(14)2-4-7/h1-5,10,16H,(H,17,18). The maximum atomic E-state index is 11.4. The minimum atomic E-state index is -0.972. The molecular weight excluding hydrogens is 373 g/mol. The number of halogens is 3. The van der Waals surface area contributed by atoms with E-state index >= 15 is 0 Å². The minimum absolute atomic E-state index is 0.527. The molecule has 0 bridgehead atoms. The third-order valence-electron chi connectivity index (χ3n) is 2.35. The van der Waals surface area contributed by atoms with Crippen molar-refractivity contribution < 1.29 is 9.90 Å². The summed E-state index contributed by atoms with van der Waals surface area (Å²) in [5.74, 6) is -0.972. The van der Waals surface area contributed by atoms with E-state index < -0.39 is 12.0 Å². The third-order valence-corrected chi connectivity index (χ3v) is 5.14. The Morgan fingerprint density at radius 1 is 1.32 bits per heavy atom. The molecule has 2 rings (SSSR count). The number of carboxylic acids is 1. The summed E-state index contributed by atoms with van der Waals surface area (Å²) in [6, 6.07) is 7.69. The van der Waals surface area contributed by atoms with E-state index in [1.54, 1.807) is 30.3 Å². The van der Waals surface area contributed by atoms with Crippen molar-refractivity contribution in [1.29, 1.82) is 0 Å². The lowest BCUT2D eigenvalue weighted by atomic mass is 10.2. The molecule has 0 fully saturated rings. The van der Waals surface area contributed by atoms with Gasteiger partial charge < -0.3 is 10.4 Å². The second kappa shape index (κ2) is 6.13. The Labute approximate surface area is 132 Å². The molecule has 0 aliphatic rings. The van der Waals surface area contributed by atoms with Crippen molar-refractivity contribution in [2.24, 2.45) is 0 Å². The van der Waals surface area contributed by atoms with Gasteiger partial charge in [-0.1, -0.05) is 23.2 Å². The Bertz CT molecular complexity index is 581. The van der Waals surface area contributed by atoms with Crippen LogP contribution in [0.25, 0.3) is 0 Å². The smallest absolute Gasteiger partial charge is 0.331 e. The lowest BCUT2D eigenvalue weighted by Crippen LogP contribution is -2.19. The number of hydrogen-bond donors (Lipinski definition) is 2. The van der Waals surface area contributed by atoms with Crippen LogP contribution >= 0.6 is 50.5 Å². The number of aliphatic carboxylic acids is 1. The van der Waals surface area contributed by atoms with Crippen LogP contribution in [0.4, 0.5) is 5.69 Å². The third kappa shape index (κ3) is 3.63. The first-order valence-corrected chi connectivity index (χ1v) is 7.53. The lowest BCUT2D eigenvalue weighted by Gasteiger charge is -2.14. The highest BCUT2D eigenvalue weighted by Crippen LogP contribution is 2.36. The highest BCUT2D eigenvalue weighted by molar-refractivity contribution is 9.10. The summed E-state index contributed by atoms with van der Waals surface area (Å²) in [6.07, 6.45) is 0. The fourth-order valence-corrected chi connectivity index (χ4v) is 3.38. The number of carboxylic acid groups (broad SMARTS) is 1. The van der Waals surface area contributed by atoms with Crippen molar-refractivity contribution in [2.75, 3.05) is 5.32 Å². The average Bonchev–Trinajstić information content (AvgIpc) is 2.68. The second-order valence-electron chi connectivity index (χ2n) is 3.69. The van der Waals surface area contributed by atoms with Crippen molar-refractivity contribution in [1.82, 2.24) is 0 Å². The molecule has 3 nitrogen and oxygen atoms in total. The molecule has 1 unspecified atom stereocenters. The molecule has 0 saturated carbocycles. The highest BCUT2D eigenvalue weighted by atomic mass is 79.9. The zero-order valence-electron chi connectivity index (χ0n) is 9.36. The molecule has 0 radical (unpaired) electrons. The average molecular weight is 381 g/mol. The largest absolute Gasteiger partial charge is 0.479 e. The summed E-state index contributed by atoms with van der Waals surface area (Å²) in [4.78, 5) is 12.0. The SMILES string of the molecule is O=C(O)C(Nc1ccc(Cl)cc1)c1cc(Br)c(Cl)s1. The number of hydrogen-bond acceptors (Lipinski definition) is 3. The van der Waals surface area contributed by atoms with Crippen LogP contribution in [0.2, 0.25) is 9.36 Å². The van der Waals surface area contributed by atoms with Crippen molar-refractivity contribution >= 4 is 62.1 Å². The first-order valence-electron chi connectivity index (χ1n) is 5.17. The van der Waals surface area contributed by atoms with E-state index in [9.17, 15) is 9.90 Å². The summed E-state index contributed by atoms with van der Waals surface area (Å²) in [5.41, 5.74) is 0.678. The fourth-order valence-electron chi connectivity index (χ4n) is 1.47. The number of anilines is 1. The maximum Gasteiger partial charge on any atom is 0.331 e. The molecular formula is C12H8BrCl2NO2S. The van der Waals surface area contributed by atoms with Gasteiger partial charge in [-0.3, -0.25) is 0 Å². The van der Waals surface area contributed by atoms with E-state index in [1.807, 2.05) is 0 Å². The van der Waals surface area contributed by atoms with E-state index in [4.69, 9.17) is 23.2 Å². The van der Waals surface area contributed by atoms with Crippen LogP contribution in [0.3, 0.4) is 0 Å². The molecule has 1 aromatic carbocycles. The first-order chi connectivity index (χ1) is 8.97. The minimum Gasteiger partial charge on any atom is -0.479 e. The predicted molar refractivity (Wildman–Crippen MR) is 82.5 cm³/mol. The molecule has 0 aliphatic heterocycles. The molecule has 19 heavy (non-hydrogen) atoms. The summed E-state index contributed by atoms with van der Waals surface area (Å²) >= 11 is 16.2. The Kier molecular flexibility index (Phi) is 4.73. The summed E-state index contributed by atoms with van der Waals surface area (Å²) < 4.78 is 1.22. The van der Waals surface area contributed by atoms with E-state index in [1.165, 1.54) is 11.3 Å². The molecule has 1 atom stereocenters. The van der Waals surface area contributed by atoms with Crippen LogP contribution in [-0.4, -0.2) is 11.1 Å². The van der Waals surface area contributed by atoms with Crippen LogP contribution in [0.1, 0.15) is 10.9 Å². The number of thiophene rings is 1. The topological polar surface area (TPSA) is 49.3 Å². The van der Waals surface area contributed by atoms with Crippen LogP contribution in [0.15, 0.2) is 34.8 Å². The molecule has 0 aliphatic carbocycles. The van der Waals surface area contributed by atoms with Gasteiger partial charge in [-0.05, 0) is 46.3 Å². The summed E-state index contributed by atoms with van der Waals surface area (Å²) in [5, 5.41) is 12.8. The fraction of sp³-hybridized carbons (Fsp3) is 0.0833. The molecule has 1 heterocycles. The Morgan fingerprint density at radius 3 is 2.42 bits per heavy atom. The van der Waals surface area contributed by atoms with Crippen molar-refractivity contribution in [3.63, 3.8) is 0 Å². The van der Waals surface area contributed by atoms with Crippen LogP contribution < -0.4 is 5.32 Å². The van der Waals surface area contributed by atoms with Gasteiger partial charge >= 0.3 is 5.97 Å². The molecule has 0 spiro atoms. The molecule has 100 valence electrons. The molecule has 2 N–H and O–H groups in total. The van der Waals surface area contributed by atoms with Crippen molar-refractivity contribution in [2.45, 2.75) is 6.04 Å². The van der Waals surface area contributed by atoms with Gasteiger partial charge in [-0.2, -0.15) is 0 Å². The molecule has 0 amide bonds. The second-order valence-corrected chi connectivity index (χ2v) is 6.67. The molecule has 7 heteroatoms. The quantitative estimate of drug-likeness (QED) is 0.779. The van der Waals surface area contributed by atoms with Gasteiger partial charge in [0, 0.05) is 20.1 Å². The van der Waals surface area contributed by atoms with Crippen LogP contribution in [0.5, 0.6) is 0 Å². The lowest BCUT2D eigenvalue weighted by molar-refractivity contribution is -0.138. The molecule has 0 saturated heterocycles. The monoisotopic (exact) mass is 379 g/mol. The van der Waals surface area contributed by atoms with Gasteiger partial charge in [-0.25, -0.2) is 4.79 Å². The Hall–Kier alpha value is -0.750. The Morgan fingerprint density at radius 2 is 1.95 bits per heavy atom. The number of carbonyl (C=O) groups is 1. The zero-order chi connectivity index (χ0) is 14.0. The van der Waals surface area contributed by atoms with Crippen LogP contribution in [-0.2, 0) is 4.79 Å². The van der Waals surface area contributed by atoms with Gasteiger partial charge in [0.25, 0.3) is 0 Å². The number of benzene rings is 1. The molecule has 1 aromatic heterocycles. The van der Waals surface area contributed by atoms with Gasteiger partial charge in [0.15, 0.2) is 6.04 Å². The highest BCUT2D eigenvalue weighted by Gasteiger charge is 2.22.